The maximum absolute atomic E-state index is 12.8. The quantitative estimate of drug-likeness (QED) is 0.765. The van der Waals surface area contributed by atoms with Crippen LogP contribution in [-0.2, 0) is 4.74 Å². The summed E-state index contributed by atoms with van der Waals surface area (Å²) < 4.78 is 7.83. The molecule has 1 atom stereocenters. The van der Waals surface area contributed by atoms with Crippen molar-refractivity contribution < 1.29 is 9.53 Å². The van der Waals surface area contributed by atoms with E-state index in [2.05, 4.69) is 41.6 Å². The van der Waals surface area contributed by atoms with Crippen LogP contribution >= 0.6 is 0 Å². The molecule has 0 radical (unpaired) electrons. The van der Waals surface area contributed by atoms with Gasteiger partial charge >= 0.3 is 6.09 Å². The number of pyridine rings is 1. The maximum Gasteiger partial charge on any atom is 0.410 e. The average Bonchev–Trinajstić information content (AvgIpc) is 2.92. The minimum absolute atomic E-state index is 0.0106. The van der Waals surface area contributed by atoms with Crippen molar-refractivity contribution in [2.24, 2.45) is 0 Å². The Morgan fingerprint density at radius 2 is 1.85 bits per heavy atom. The van der Waals surface area contributed by atoms with Crippen LogP contribution in [-0.4, -0.2) is 32.7 Å². The summed E-state index contributed by atoms with van der Waals surface area (Å²) in [5.74, 6) is 0.910. The van der Waals surface area contributed by atoms with Crippen molar-refractivity contribution in [2.75, 3.05) is 6.54 Å². The minimum atomic E-state index is -0.496. The molecular weight excluding hydrogens is 326 g/mol. The van der Waals surface area contributed by atoms with Gasteiger partial charge in [-0.3, -0.25) is 0 Å². The van der Waals surface area contributed by atoms with E-state index in [1.165, 1.54) is 0 Å². The molecule has 1 aliphatic heterocycles. The van der Waals surface area contributed by atoms with E-state index in [9.17, 15) is 4.79 Å². The Labute approximate surface area is 156 Å². The fourth-order valence-electron chi connectivity index (χ4n) is 3.65. The molecule has 3 heterocycles. The zero-order chi connectivity index (χ0) is 18.9. The SMILES string of the molecule is Cc1ccc(C)n1-c1ncccc1C1CCCCN1C(=O)OC(C)(C)C. The minimum Gasteiger partial charge on any atom is -0.444 e. The summed E-state index contributed by atoms with van der Waals surface area (Å²) in [6.07, 6.45) is 4.61. The van der Waals surface area contributed by atoms with Gasteiger partial charge in [0.25, 0.3) is 0 Å². The normalized spacial score (nSPS) is 18.0. The lowest BCUT2D eigenvalue weighted by atomic mass is 9.95. The second kappa shape index (κ2) is 7.14. The third-order valence-electron chi connectivity index (χ3n) is 4.79. The summed E-state index contributed by atoms with van der Waals surface area (Å²) in [5, 5.41) is 0. The molecule has 2 aromatic rings. The first-order chi connectivity index (χ1) is 12.3. The van der Waals surface area contributed by atoms with Crippen LogP contribution in [0.15, 0.2) is 30.5 Å². The van der Waals surface area contributed by atoms with Gasteiger partial charge in [-0.25, -0.2) is 9.78 Å². The Morgan fingerprint density at radius 3 is 2.50 bits per heavy atom. The number of nitrogens with zero attached hydrogens (tertiary/aromatic N) is 3. The van der Waals surface area contributed by atoms with Crippen molar-refractivity contribution in [2.45, 2.75) is 65.5 Å². The van der Waals surface area contributed by atoms with Crippen LogP contribution in [0, 0.1) is 13.8 Å². The van der Waals surface area contributed by atoms with E-state index >= 15 is 0 Å². The summed E-state index contributed by atoms with van der Waals surface area (Å²) in [5.41, 5.74) is 2.87. The molecule has 2 aromatic heterocycles. The lowest BCUT2D eigenvalue weighted by Gasteiger charge is -2.37. The number of aromatic nitrogens is 2. The summed E-state index contributed by atoms with van der Waals surface area (Å²) in [7, 11) is 0. The monoisotopic (exact) mass is 355 g/mol. The number of piperidine rings is 1. The fraction of sp³-hybridized carbons (Fsp3) is 0.524. The van der Waals surface area contributed by atoms with E-state index in [4.69, 9.17) is 4.74 Å². The van der Waals surface area contributed by atoms with Gasteiger partial charge in [0.1, 0.15) is 11.4 Å². The third kappa shape index (κ3) is 3.76. The number of rotatable bonds is 2. The lowest BCUT2D eigenvalue weighted by Crippen LogP contribution is -2.42. The van der Waals surface area contributed by atoms with E-state index < -0.39 is 5.60 Å². The van der Waals surface area contributed by atoms with Crippen LogP contribution in [0.25, 0.3) is 5.82 Å². The van der Waals surface area contributed by atoms with Gasteiger partial charge in [-0.05, 0) is 72.1 Å². The predicted molar refractivity (Wildman–Crippen MR) is 103 cm³/mol. The molecule has 26 heavy (non-hydrogen) atoms. The molecule has 3 rings (SSSR count). The zero-order valence-electron chi connectivity index (χ0n) is 16.5. The number of aryl methyl sites for hydroxylation is 2. The van der Waals surface area contributed by atoms with Gasteiger partial charge < -0.3 is 14.2 Å². The second-order valence-electron chi connectivity index (χ2n) is 8.05. The molecule has 0 aromatic carbocycles. The summed E-state index contributed by atoms with van der Waals surface area (Å²) in [6.45, 7) is 10.6. The van der Waals surface area contributed by atoms with Gasteiger partial charge in [-0.15, -0.1) is 0 Å². The molecule has 5 nitrogen and oxygen atoms in total. The van der Waals surface area contributed by atoms with Crippen molar-refractivity contribution >= 4 is 6.09 Å². The number of ether oxygens (including phenoxy) is 1. The Kier molecular flexibility index (Phi) is 5.08. The van der Waals surface area contributed by atoms with Crippen molar-refractivity contribution in [3.63, 3.8) is 0 Å². The van der Waals surface area contributed by atoms with Crippen LogP contribution in [0.3, 0.4) is 0 Å². The van der Waals surface area contributed by atoms with Gasteiger partial charge in [0.15, 0.2) is 0 Å². The molecule has 1 saturated heterocycles. The molecule has 1 fully saturated rings. The van der Waals surface area contributed by atoms with E-state index in [0.29, 0.717) is 0 Å². The second-order valence-corrected chi connectivity index (χ2v) is 8.05. The van der Waals surface area contributed by atoms with Crippen molar-refractivity contribution in [3.8, 4) is 5.82 Å². The first kappa shape index (κ1) is 18.5. The summed E-state index contributed by atoms with van der Waals surface area (Å²) in [4.78, 5) is 19.4. The molecule has 0 N–H and O–H groups in total. The summed E-state index contributed by atoms with van der Waals surface area (Å²) >= 11 is 0. The van der Waals surface area contributed by atoms with Crippen molar-refractivity contribution in [1.29, 1.82) is 0 Å². The fourth-order valence-corrected chi connectivity index (χ4v) is 3.65. The maximum atomic E-state index is 12.8. The largest absolute Gasteiger partial charge is 0.444 e. The highest BCUT2D eigenvalue weighted by Gasteiger charge is 2.33. The average molecular weight is 355 g/mol. The highest BCUT2D eigenvalue weighted by molar-refractivity contribution is 5.69. The highest BCUT2D eigenvalue weighted by atomic mass is 16.6. The molecule has 0 spiro atoms. The van der Waals surface area contributed by atoms with Crippen LogP contribution in [0.2, 0.25) is 0 Å². The molecule has 5 heteroatoms. The molecule has 1 aliphatic rings. The number of hydrogen-bond acceptors (Lipinski definition) is 3. The molecule has 140 valence electrons. The topological polar surface area (TPSA) is 47.4 Å². The van der Waals surface area contributed by atoms with Gasteiger partial charge in [0.05, 0.1) is 6.04 Å². The first-order valence-electron chi connectivity index (χ1n) is 9.38. The third-order valence-corrected chi connectivity index (χ3v) is 4.79. The van der Waals surface area contributed by atoms with Crippen LogP contribution in [0.1, 0.15) is 63.0 Å². The number of carbonyl (C=O) groups excluding carboxylic acids is 1. The Bertz CT molecular complexity index is 769. The highest BCUT2D eigenvalue weighted by Crippen LogP contribution is 2.35. The van der Waals surface area contributed by atoms with E-state index in [-0.39, 0.29) is 12.1 Å². The van der Waals surface area contributed by atoms with E-state index in [0.717, 1.165) is 48.6 Å². The number of carbonyl (C=O) groups is 1. The van der Waals surface area contributed by atoms with E-state index in [1.54, 1.807) is 0 Å². The van der Waals surface area contributed by atoms with Crippen LogP contribution in [0.5, 0.6) is 0 Å². The molecule has 1 amide bonds. The Balaban J connectivity index is 2.00. The lowest BCUT2D eigenvalue weighted by molar-refractivity contribution is 0.00949. The van der Waals surface area contributed by atoms with Gasteiger partial charge in [0, 0.05) is 29.7 Å². The number of amides is 1. The number of likely N-dealkylation sites (tertiary alicyclic amines) is 1. The van der Waals surface area contributed by atoms with Gasteiger partial charge in [0.2, 0.25) is 0 Å². The molecule has 1 unspecified atom stereocenters. The molecule has 0 aliphatic carbocycles. The van der Waals surface area contributed by atoms with Crippen LogP contribution in [0.4, 0.5) is 4.79 Å². The first-order valence-corrected chi connectivity index (χ1v) is 9.38. The smallest absolute Gasteiger partial charge is 0.410 e. The predicted octanol–water partition coefficient (Wildman–Crippen LogP) is 4.95. The Hall–Kier alpha value is -2.30. The summed E-state index contributed by atoms with van der Waals surface area (Å²) in [6, 6.07) is 8.23. The van der Waals surface area contributed by atoms with Crippen molar-refractivity contribution in [3.05, 3.63) is 47.4 Å². The zero-order valence-corrected chi connectivity index (χ0v) is 16.5. The molecular formula is C21H29N3O2. The molecule has 0 saturated carbocycles. The van der Waals surface area contributed by atoms with E-state index in [1.807, 2.05) is 37.9 Å². The number of hydrogen-bond donors (Lipinski definition) is 0. The molecule has 0 bridgehead atoms. The Morgan fingerprint density at radius 1 is 1.15 bits per heavy atom. The standard InChI is InChI=1S/C21H29N3O2/c1-15-11-12-16(2)24(15)19-17(9-8-13-22-19)18-10-6-7-14-23(18)20(25)26-21(3,4)5/h8-9,11-13,18H,6-7,10,14H2,1-5H3. The van der Waals surface area contributed by atoms with Crippen LogP contribution < -0.4 is 0 Å². The van der Waals surface area contributed by atoms with Gasteiger partial charge in [-0.1, -0.05) is 6.07 Å². The van der Waals surface area contributed by atoms with Crippen molar-refractivity contribution in [1.82, 2.24) is 14.5 Å². The van der Waals surface area contributed by atoms with Gasteiger partial charge in [-0.2, -0.15) is 0 Å².